The van der Waals surface area contributed by atoms with Crippen molar-refractivity contribution in [2.75, 3.05) is 13.1 Å². The standard InChI is InChI=1S/C15H20BN3/c16-14-10-17-19(12-14)15-6-8-18(9-7-15)11-13-4-2-1-3-5-13/h1-5,10,12,15H,6-9,11,16H2. The second-order valence-electron chi connectivity index (χ2n) is 5.49. The minimum Gasteiger partial charge on any atom is -0.299 e. The van der Waals surface area contributed by atoms with Crippen LogP contribution in [0.1, 0.15) is 24.4 Å². The van der Waals surface area contributed by atoms with Crippen LogP contribution in [-0.2, 0) is 6.54 Å². The Bertz CT molecular complexity index is 515. The highest BCUT2D eigenvalue weighted by Crippen LogP contribution is 2.22. The lowest BCUT2D eigenvalue weighted by Gasteiger charge is -2.32. The van der Waals surface area contributed by atoms with Crippen LogP contribution in [0.15, 0.2) is 42.7 Å². The van der Waals surface area contributed by atoms with Crippen LogP contribution in [-0.4, -0.2) is 35.6 Å². The van der Waals surface area contributed by atoms with Gasteiger partial charge in [0.15, 0.2) is 0 Å². The Morgan fingerprint density at radius 1 is 1.16 bits per heavy atom. The number of benzene rings is 1. The molecule has 0 bridgehead atoms. The Labute approximate surface area is 115 Å². The van der Waals surface area contributed by atoms with Gasteiger partial charge in [0.2, 0.25) is 0 Å². The Balaban J connectivity index is 1.55. The van der Waals surface area contributed by atoms with Crippen molar-refractivity contribution in [1.29, 1.82) is 0 Å². The summed E-state index contributed by atoms with van der Waals surface area (Å²) in [6, 6.07) is 11.3. The molecule has 0 amide bonds. The molecule has 1 aliphatic rings. The molecule has 0 radical (unpaired) electrons. The Kier molecular flexibility index (Phi) is 3.69. The van der Waals surface area contributed by atoms with E-state index in [0.717, 1.165) is 6.54 Å². The summed E-state index contributed by atoms with van der Waals surface area (Å²) < 4.78 is 2.15. The molecule has 0 N–H and O–H groups in total. The van der Waals surface area contributed by atoms with Gasteiger partial charge >= 0.3 is 0 Å². The van der Waals surface area contributed by atoms with Crippen LogP contribution < -0.4 is 5.46 Å². The molecule has 0 unspecified atom stereocenters. The predicted octanol–water partition coefficient (Wildman–Crippen LogP) is 0.979. The minimum atomic E-state index is 0.584. The summed E-state index contributed by atoms with van der Waals surface area (Å²) in [6.45, 7) is 3.41. The first-order valence-electron chi connectivity index (χ1n) is 7.08. The first-order chi connectivity index (χ1) is 9.31. The number of rotatable bonds is 3. The van der Waals surface area contributed by atoms with E-state index >= 15 is 0 Å². The van der Waals surface area contributed by atoms with Crippen molar-refractivity contribution in [3.63, 3.8) is 0 Å². The summed E-state index contributed by atoms with van der Waals surface area (Å²) in [6.07, 6.45) is 6.52. The van der Waals surface area contributed by atoms with Crippen molar-refractivity contribution in [3.05, 3.63) is 48.3 Å². The van der Waals surface area contributed by atoms with Gasteiger partial charge in [-0.1, -0.05) is 35.8 Å². The third-order valence-electron chi connectivity index (χ3n) is 3.91. The molecule has 3 nitrogen and oxygen atoms in total. The van der Waals surface area contributed by atoms with E-state index in [2.05, 4.69) is 59.1 Å². The van der Waals surface area contributed by atoms with Crippen molar-refractivity contribution in [3.8, 4) is 0 Å². The minimum absolute atomic E-state index is 0.584. The van der Waals surface area contributed by atoms with Crippen molar-refractivity contribution < 1.29 is 0 Å². The maximum absolute atomic E-state index is 4.45. The molecule has 4 heteroatoms. The Morgan fingerprint density at radius 2 is 1.89 bits per heavy atom. The average Bonchev–Trinajstić information content (AvgIpc) is 2.87. The molecular weight excluding hydrogens is 233 g/mol. The molecule has 1 aromatic carbocycles. The highest BCUT2D eigenvalue weighted by Gasteiger charge is 2.20. The molecule has 19 heavy (non-hydrogen) atoms. The second-order valence-corrected chi connectivity index (χ2v) is 5.49. The number of likely N-dealkylation sites (tertiary alicyclic amines) is 1. The van der Waals surface area contributed by atoms with Crippen LogP contribution >= 0.6 is 0 Å². The van der Waals surface area contributed by atoms with Crippen molar-refractivity contribution in [2.24, 2.45) is 0 Å². The fraction of sp³-hybridized carbons (Fsp3) is 0.400. The molecular formula is C15H20BN3. The lowest BCUT2D eigenvalue weighted by atomic mass is 10.0. The van der Waals surface area contributed by atoms with Crippen molar-refractivity contribution in [1.82, 2.24) is 14.7 Å². The molecule has 0 spiro atoms. The van der Waals surface area contributed by atoms with Gasteiger partial charge in [-0.2, -0.15) is 5.10 Å². The molecule has 1 aromatic heterocycles. The number of nitrogens with zero attached hydrogens (tertiary/aromatic N) is 3. The van der Waals surface area contributed by atoms with E-state index in [1.165, 1.54) is 37.0 Å². The maximum Gasteiger partial charge on any atom is 0.143 e. The quantitative estimate of drug-likeness (QED) is 0.760. The fourth-order valence-corrected chi connectivity index (χ4v) is 2.82. The topological polar surface area (TPSA) is 21.1 Å². The van der Waals surface area contributed by atoms with Crippen LogP contribution in [0.5, 0.6) is 0 Å². The maximum atomic E-state index is 4.45. The normalized spacial score (nSPS) is 17.7. The molecule has 1 saturated heterocycles. The summed E-state index contributed by atoms with van der Waals surface area (Å²) in [4.78, 5) is 2.54. The van der Waals surface area contributed by atoms with E-state index in [4.69, 9.17) is 0 Å². The smallest absolute Gasteiger partial charge is 0.143 e. The molecule has 1 fully saturated rings. The van der Waals surface area contributed by atoms with E-state index in [9.17, 15) is 0 Å². The summed E-state index contributed by atoms with van der Waals surface area (Å²) >= 11 is 0. The van der Waals surface area contributed by atoms with Gasteiger partial charge in [0.25, 0.3) is 0 Å². The molecule has 0 aliphatic carbocycles. The zero-order chi connectivity index (χ0) is 13.1. The number of piperidine rings is 1. The molecule has 1 aliphatic heterocycles. The Morgan fingerprint density at radius 3 is 2.53 bits per heavy atom. The van der Waals surface area contributed by atoms with Crippen LogP contribution in [0.3, 0.4) is 0 Å². The molecule has 0 saturated carbocycles. The van der Waals surface area contributed by atoms with Crippen LogP contribution in [0, 0.1) is 0 Å². The monoisotopic (exact) mass is 253 g/mol. The van der Waals surface area contributed by atoms with Gasteiger partial charge in [-0.3, -0.25) is 9.58 Å². The van der Waals surface area contributed by atoms with Gasteiger partial charge in [0.1, 0.15) is 7.85 Å². The fourth-order valence-electron chi connectivity index (χ4n) is 2.82. The molecule has 3 rings (SSSR count). The third-order valence-corrected chi connectivity index (χ3v) is 3.91. The van der Waals surface area contributed by atoms with E-state index in [-0.39, 0.29) is 0 Å². The lowest BCUT2D eigenvalue weighted by Crippen LogP contribution is -2.34. The largest absolute Gasteiger partial charge is 0.299 e. The molecule has 98 valence electrons. The highest BCUT2D eigenvalue weighted by atomic mass is 15.3. The van der Waals surface area contributed by atoms with Gasteiger partial charge < -0.3 is 0 Å². The molecule has 2 heterocycles. The van der Waals surface area contributed by atoms with E-state index in [0.29, 0.717) is 6.04 Å². The SMILES string of the molecule is Bc1cnn(C2CCN(Cc3ccccc3)CC2)c1. The van der Waals surface area contributed by atoms with E-state index in [1.807, 2.05) is 6.20 Å². The van der Waals surface area contributed by atoms with Gasteiger partial charge in [0, 0.05) is 32.0 Å². The Hall–Kier alpha value is -1.55. The van der Waals surface area contributed by atoms with Crippen molar-refractivity contribution >= 4 is 13.3 Å². The number of aromatic nitrogens is 2. The average molecular weight is 253 g/mol. The van der Waals surface area contributed by atoms with Crippen LogP contribution in [0.4, 0.5) is 0 Å². The van der Waals surface area contributed by atoms with Gasteiger partial charge in [-0.05, 0) is 18.4 Å². The van der Waals surface area contributed by atoms with Gasteiger partial charge in [0.05, 0.1) is 6.04 Å². The number of hydrogen-bond donors (Lipinski definition) is 0. The zero-order valence-corrected chi connectivity index (χ0v) is 11.5. The first-order valence-corrected chi connectivity index (χ1v) is 7.08. The summed E-state index contributed by atoms with van der Waals surface area (Å²) in [5.74, 6) is 0. The van der Waals surface area contributed by atoms with E-state index < -0.39 is 0 Å². The van der Waals surface area contributed by atoms with E-state index in [1.54, 1.807) is 0 Å². The highest BCUT2D eigenvalue weighted by molar-refractivity contribution is 6.31. The van der Waals surface area contributed by atoms with Crippen LogP contribution in [0.2, 0.25) is 0 Å². The van der Waals surface area contributed by atoms with Crippen molar-refractivity contribution in [2.45, 2.75) is 25.4 Å². The van der Waals surface area contributed by atoms with Gasteiger partial charge in [-0.25, -0.2) is 0 Å². The summed E-state index contributed by atoms with van der Waals surface area (Å²) in [5.41, 5.74) is 2.67. The summed E-state index contributed by atoms with van der Waals surface area (Å²) in [5, 5.41) is 4.45. The number of hydrogen-bond acceptors (Lipinski definition) is 2. The predicted molar refractivity (Wildman–Crippen MR) is 80.4 cm³/mol. The molecule has 0 atom stereocenters. The first kappa shape index (κ1) is 12.5. The third kappa shape index (κ3) is 3.07. The lowest BCUT2D eigenvalue weighted by molar-refractivity contribution is 0.173. The van der Waals surface area contributed by atoms with Crippen LogP contribution in [0.25, 0.3) is 0 Å². The zero-order valence-electron chi connectivity index (χ0n) is 11.5. The second kappa shape index (κ2) is 5.62. The summed E-state index contributed by atoms with van der Waals surface area (Å²) in [7, 11) is 2.11. The van der Waals surface area contributed by atoms with Gasteiger partial charge in [-0.15, -0.1) is 0 Å². The molecule has 2 aromatic rings.